The predicted molar refractivity (Wildman–Crippen MR) is 123 cm³/mol. The zero-order chi connectivity index (χ0) is 21.6. The molecule has 2 aromatic carbocycles. The molecule has 7 heteroatoms. The van der Waals surface area contributed by atoms with Crippen LogP contribution < -0.4 is 15.1 Å². The van der Waals surface area contributed by atoms with Gasteiger partial charge in [-0.1, -0.05) is 30.3 Å². The number of amidine groups is 1. The molecular weight excluding hydrogens is 390 g/mol. The van der Waals surface area contributed by atoms with E-state index in [4.69, 9.17) is 4.74 Å². The Hall–Kier alpha value is -3.06. The minimum Gasteiger partial charge on any atom is -0.497 e. The minimum atomic E-state index is -0.389. The average Bonchev–Trinajstić information content (AvgIpc) is 3.21. The average molecular weight is 422 g/mol. The van der Waals surface area contributed by atoms with E-state index in [9.17, 15) is 4.79 Å². The first-order valence-electron chi connectivity index (χ1n) is 10.9. The second-order valence-electron chi connectivity index (χ2n) is 8.07. The van der Waals surface area contributed by atoms with Crippen molar-refractivity contribution in [3.05, 3.63) is 59.7 Å². The van der Waals surface area contributed by atoms with Gasteiger partial charge in [-0.3, -0.25) is 15.1 Å². The van der Waals surface area contributed by atoms with Crippen molar-refractivity contribution in [1.29, 1.82) is 0 Å². The summed E-state index contributed by atoms with van der Waals surface area (Å²) >= 11 is 0. The molecule has 164 valence electrons. The monoisotopic (exact) mass is 421 g/mol. The lowest BCUT2D eigenvalue weighted by Crippen LogP contribution is -2.47. The third-order valence-electron chi connectivity index (χ3n) is 6.17. The van der Waals surface area contributed by atoms with Gasteiger partial charge in [0.05, 0.1) is 7.11 Å². The van der Waals surface area contributed by atoms with E-state index < -0.39 is 0 Å². The largest absolute Gasteiger partial charge is 0.497 e. The molecule has 1 atom stereocenters. The van der Waals surface area contributed by atoms with Crippen LogP contribution >= 0.6 is 0 Å². The zero-order valence-electron chi connectivity index (χ0n) is 18.3. The lowest BCUT2D eigenvalue weighted by atomic mass is 10.1. The van der Waals surface area contributed by atoms with Crippen LogP contribution in [-0.2, 0) is 11.3 Å². The molecule has 0 aromatic heterocycles. The van der Waals surface area contributed by atoms with Crippen LogP contribution in [0.15, 0.2) is 53.6 Å². The van der Waals surface area contributed by atoms with Crippen molar-refractivity contribution in [2.75, 3.05) is 44.7 Å². The van der Waals surface area contributed by atoms with Crippen molar-refractivity contribution in [2.45, 2.75) is 26.1 Å². The molecule has 1 fully saturated rings. The van der Waals surface area contributed by atoms with E-state index in [1.54, 1.807) is 7.11 Å². The van der Waals surface area contributed by atoms with Gasteiger partial charge in [0.2, 0.25) is 0 Å². The fourth-order valence-electron chi connectivity index (χ4n) is 4.19. The van der Waals surface area contributed by atoms with Gasteiger partial charge in [-0.2, -0.15) is 5.10 Å². The maximum Gasteiger partial charge on any atom is 0.173 e. The molecule has 7 nitrogen and oxygen atoms in total. The van der Waals surface area contributed by atoms with E-state index in [0.717, 1.165) is 57.0 Å². The number of nitrogens with zero attached hydrogens (tertiary/aromatic N) is 4. The molecule has 2 aliphatic rings. The van der Waals surface area contributed by atoms with Crippen molar-refractivity contribution in [1.82, 2.24) is 15.2 Å². The first-order valence-corrected chi connectivity index (χ1v) is 10.9. The van der Waals surface area contributed by atoms with Crippen LogP contribution in [0, 0.1) is 6.92 Å². The van der Waals surface area contributed by atoms with Crippen LogP contribution in [0.3, 0.4) is 0 Å². The molecule has 2 aliphatic heterocycles. The van der Waals surface area contributed by atoms with Gasteiger partial charge in [0.25, 0.3) is 0 Å². The molecule has 0 saturated carbocycles. The Kier molecular flexibility index (Phi) is 6.72. The maximum atomic E-state index is 11.6. The van der Waals surface area contributed by atoms with Crippen LogP contribution in [0.1, 0.15) is 17.5 Å². The van der Waals surface area contributed by atoms with Crippen molar-refractivity contribution in [2.24, 2.45) is 5.10 Å². The Morgan fingerprint density at radius 1 is 1.13 bits per heavy atom. The Labute approximate surface area is 184 Å². The maximum absolute atomic E-state index is 11.6. The van der Waals surface area contributed by atoms with Gasteiger partial charge in [-0.25, -0.2) is 0 Å². The second-order valence-corrected chi connectivity index (χ2v) is 8.07. The van der Waals surface area contributed by atoms with Crippen LogP contribution in [0.4, 0.5) is 5.69 Å². The summed E-state index contributed by atoms with van der Waals surface area (Å²) in [6.45, 7) is 7.71. The predicted octanol–water partition coefficient (Wildman–Crippen LogP) is 2.46. The number of nitrogens with one attached hydrogen (secondary N) is 1. The summed E-state index contributed by atoms with van der Waals surface area (Å²) in [6, 6.07) is 16.6. The highest BCUT2D eigenvalue weighted by Crippen LogP contribution is 2.22. The number of methoxy groups -OCH3 is 1. The first-order chi connectivity index (χ1) is 15.2. The fourth-order valence-corrected chi connectivity index (χ4v) is 4.19. The number of benzene rings is 2. The summed E-state index contributed by atoms with van der Waals surface area (Å²) < 4.78 is 5.35. The zero-order valence-corrected chi connectivity index (χ0v) is 18.3. The van der Waals surface area contributed by atoms with Crippen LogP contribution in [-0.4, -0.2) is 67.9 Å². The normalized spacial score (nSPS) is 19.2. The van der Waals surface area contributed by atoms with Gasteiger partial charge in [-0.05, 0) is 30.2 Å². The van der Waals surface area contributed by atoms with E-state index in [2.05, 4.69) is 56.4 Å². The SMILES string of the molecule is COc1cccc(N2CCN(CCC3=NNC(C=O)N3Cc3ccccc3C)CC2)c1. The number of ether oxygens (including phenoxy) is 1. The molecule has 0 aliphatic carbocycles. The number of aryl methyl sites for hydroxylation is 1. The van der Waals surface area contributed by atoms with E-state index in [-0.39, 0.29) is 6.17 Å². The molecule has 2 aromatic rings. The van der Waals surface area contributed by atoms with Crippen molar-refractivity contribution >= 4 is 17.8 Å². The molecule has 0 spiro atoms. The van der Waals surface area contributed by atoms with Crippen molar-refractivity contribution in [3.8, 4) is 5.75 Å². The molecule has 0 radical (unpaired) electrons. The van der Waals surface area contributed by atoms with Gasteiger partial charge >= 0.3 is 0 Å². The van der Waals surface area contributed by atoms with Crippen molar-refractivity contribution in [3.63, 3.8) is 0 Å². The van der Waals surface area contributed by atoms with E-state index in [0.29, 0.717) is 6.54 Å². The summed E-state index contributed by atoms with van der Waals surface area (Å²) in [5, 5.41) is 4.47. The van der Waals surface area contributed by atoms with Gasteiger partial charge in [0.1, 0.15) is 11.6 Å². The Morgan fingerprint density at radius 3 is 2.68 bits per heavy atom. The number of hydrogen-bond acceptors (Lipinski definition) is 7. The standard InChI is InChI=1S/C24H31N5O2/c1-19-6-3-4-7-20(19)17-29-23(25-26-24(29)18-30)10-11-27-12-14-28(15-13-27)21-8-5-9-22(16-21)31-2/h3-9,16,18,24,26H,10-15,17H2,1-2H3. The Balaban J connectivity index is 1.31. The topological polar surface area (TPSA) is 60.4 Å². The number of carbonyl (C=O) groups is 1. The fraction of sp³-hybridized carbons (Fsp3) is 0.417. The van der Waals surface area contributed by atoms with Crippen molar-refractivity contribution < 1.29 is 9.53 Å². The number of carbonyl (C=O) groups excluding carboxylic acids is 1. The van der Waals surface area contributed by atoms with E-state index in [1.807, 2.05) is 24.3 Å². The highest BCUT2D eigenvalue weighted by molar-refractivity contribution is 5.86. The smallest absolute Gasteiger partial charge is 0.173 e. The summed E-state index contributed by atoms with van der Waals surface area (Å²) in [6.07, 6.45) is 1.36. The highest BCUT2D eigenvalue weighted by Gasteiger charge is 2.28. The van der Waals surface area contributed by atoms with E-state index in [1.165, 1.54) is 16.8 Å². The van der Waals surface area contributed by atoms with Gasteiger partial charge in [-0.15, -0.1) is 0 Å². The third-order valence-corrected chi connectivity index (χ3v) is 6.17. The summed E-state index contributed by atoms with van der Waals surface area (Å²) in [5.41, 5.74) is 6.64. The van der Waals surface area contributed by atoms with Crippen LogP contribution in [0.25, 0.3) is 0 Å². The minimum absolute atomic E-state index is 0.389. The molecule has 31 heavy (non-hydrogen) atoms. The Morgan fingerprint density at radius 2 is 1.94 bits per heavy atom. The lowest BCUT2D eigenvalue weighted by molar-refractivity contribution is -0.111. The molecule has 0 bridgehead atoms. The van der Waals surface area contributed by atoms with Gasteiger partial charge in [0, 0.05) is 57.4 Å². The number of hydrogen-bond donors (Lipinski definition) is 1. The van der Waals surface area contributed by atoms with Crippen LogP contribution in [0.2, 0.25) is 0 Å². The highest BCUT2D eigenvalue weighted by atomic mass is 16.5. The van der Waals surface area contributed by atoms with Gasteiger partial charge in [0.15, 0.2) is 12.5 Å². The number of hydrazone groups is 1. The molecule has 1 saturated heterocycles. The summed E-state index contributed by atoms with van der Waals surface area (Å²) in [4.78, 5) is 18.5. The number of anilines is 1. The second kappa shape index (κ2) is 9.83. The first kappa shape index (κ1) is 21.2. The Bertz CT molecular complexity index is 924. The quantitative estimate of drug-likeness (QED) is 0.661. The summed E-state index contributed by atoms with van der Waals surface area (Å²) in [5.74, 6) is 1.85. The number of piperazine rings is 1. The van der Waals surface area contributed by atoms with E-state index >= 15 is 0 Å². The molecular formula is C24H31N5O2. The number of rotatable bonds is 8. The summed E-state index contributed by atoms with van der Waals surface area (Å²) in [7, 11) is 1.70. The van der Waals surface area contributed by atoms with Crippen LogP contribution in [0.5, 0.6) is 5.75 Å². The lowest BCUT2D eigenvalue weighted by Gasteiger charge is -2.36. The third kappa shape index (κ3) is 4.99. The molecule has 2 heterocycles. The number of aldehydes is 1. The molecule has 1 N–H and O–H groups in total. The van der Waals surface area contributed by atoms with Gasteiger partial charge < -0.3 is 14.5 Å². The molecule has 0 amide bonds. The molecule has 4 rings (SSSR count). The molecule has 1 unspecified atom stereocenters.